The minimum atomic E-state index is 0.624. The number of aromatic nitrogens is 1. The minimum absolute atomic E-state index is 0.624. The van der Waals surface area contributed by atoms with Crippen LogP contribution in [0.15, 0.2) is 24.4 Å². The zero-order valence-electron chi connectivity index (χ0n) is 10.8. The molecular weight excluding hydrogens is 262 g/mol. The highest BCUT2D eigenvalue weighted by atomic mass is 35.5. The van der Waals surface area contributed by atoms with Gasteiger partial charge in [0.1, 0.15) is 11.6 Å². The van der Waals surface area contributed by atoms with Gasteiger partial charge in [-0.1, -0.05) is 11.6 Å². The molecule has 2 aromatic rings. The molecule has 1 saturated heterocycles. The standard InChI is InChI=1S/C14H16ClN3O/c1-19-13-8-10-2-3-17-14(11(10)9-12(13)15)18-6-4-16-5-7-18/h2-3,8-9,16H,4-7H2,1H3. The number of methoxy groups -OCH3 is 1. The molecule has 3 rings (SSSR count). The summed E-state index contributed by atoms with van der Waals surface area (Å²) in [6, 6.07) is 5.89. The van der Waals surface area contributed by atoms with Gasteiger partial charge < -0.3 is 15.0 Å². The quantitative estimate of drug-likeness (QED) is 0.914. The largest absolute Gasteiger partial charge is 0.495 e. The molecule has 1 fully saturated rings. The molecule has 1 aliphatic heterocycles. The van der Waals surface area contributed by atoms with Crippen LogP contribution in [0.25, 0.3) is 10.8 Å². The Hall–Kier alpha value is -1.52. The lowest BCUT2D eigenvalue weighted by molar-refractivity contribution is 0.415. The van der Waals surface area contributed by atoms with Gasteiger partial charge in [-0.05, 0) is 23.6 Å². The van der Waals surface area contributed by atoms with Crippen molar-refractivity contribution in [3.63, 3.8) is 0 Å². The number of anilines is 1. The lowest BCUT2D eigenvalue weighted by Gasteiger charge is -2.29. The molecule has 1 N–H and O–H groups in total. The van der Waals surface area contributed by atoms with E-state index in [9.17, 15) is 0 Å². The Morgan fingerprint density at radius 1 is 1.32 bits per heavy atom. The van der Waals surface area contributed by atoms with E-state index in [1.807, 2.05) is 24.4 Å². The molecule has 0 atom stereocenters. The summed E-state index contributed by atoms with van der Waals surface area (Å²) in [7, 11) is 1.63. The molecule has 4 nitrogen and oxygen atoms in total. The second-order valence-electron chi connectivity index (χ2n) is 4.58. The van der Waals surface area contributed by atoms with Gasteiger partial charge in [0, 0.05) is 37.8 Å². The lowest BCUT2D eigenvalue weighted by Crippen LogP contribution is -2.43. The maximum absolute atomic E-state index is 6.23. The van der Waals surface area contributed by atoms with E-state index in [-0.39, 0.29) is 0 Å². The molecule has 19 heavy (non-hydrogen) atoms. The highest BCUT2D eigenvalue weighted by Crippen LogP contribution is 2.33. The fourth-order valence-electron chi connectivity index (χ4n) is 2.44. The average Bonchev–Trinajstić information content (AvgIpc) is 2.47. The van der Waals surface area contributed by atoms with Gasteiger partial charge in [0.2, 0.25) is 0 Å². The monoisotopic (exact) mass is 277 g/mol. The summed E-state index contributed by atoms with van der Waals surface area (Å²) in [6.45, 7) is 3.91. The molecule has 0 bridgehead atoms. The smallest absolute Gasteiger partial charge is 0.138 e. The maximum Gasteiger partial charge on any atom is 0.138 e. The van der Waals surface area contributed by atoms with E-state index >= 15 is 0 Å². The van der Waals surface area contributed by atoms with Crippen LogP contribution < -0.4 is 15.0 Å². The van der Waals surface area contributed by atoms with Crippen molar-refractivity contribution in [3.05, 3.63) is 29.4 Å². The van der Waals surface area contributed by atoms with Crippen LogP contribution in [0.3, 0.4) is 0 Å². The van der Waals surface area contributed by atoms with E-state index in [0.29, 0.717) is 10.8 Å². The van der Waals surface area contributed by atoms with E-state index in [1.54, 1.807) is 7.11 Å². The minimum Gasteiger partial charge on any atom is -0.495 e. The molecule has 0 unspecified atom stereocenters. The van der Waals surface area contributed by atoms with Gasteiger partial charge in [-0.15, -0.1) is 0 Å². The van der Waals surface area contributed by atoms with Gasteiger partial charge in [0.05, 0.1) is 12.1 Å². The fourth-order valence-corrected chi connectivity index (χ4v) is 2.68. The molecule has 1 aromatic carbocycles. The van der Waals surface area contributed by atoms with Gasteiger partial charge in [-0.2, -0.15) is 0 Å². The van der Waals surface area contributed by atoms with Gasteiger partial charge in [0.15, 0.2) is 0 Å². The Balaban J connectivity index is 2.11. The fraction of sp³-hybridized carbons (Fsp3) is 0.357. The van der Waals surface area contributed by atoms with Gasteiger partial charge in [-0.25, -0.2) is 4.98 Å². The second kappa shape index (κ2) is 5.23. The summed E-state index contributed by atoms with van der Waals surface area (Å²) in [5, 5.41) is 6.15. The van der Waals surface area contributed by atoms with E-state index in [0.717, 1.165) is 42.8 Å². The first-order chi connectivity index (χ1) is 9.29. The van der Waals surface area contributed by atoms with Crippen LogP contribution in [0.4, 0.5) is 5.82 Å². The van der Waals surface area contributed by atoms with Crippen molar-refractivity contribution in [3.8, 4) is 5.75 Å². The Bertz CT molecular complexity index is 597. The first-order valence-corrected chi connectivity index (χ1v) is 6.75. The van der Waals surface area contributed by atoms with Gasteiger partial charge >= 0.3 is 0 Å². The highest BCUT2D eigenvalue weighted by molar-refractivity contribution is 6.33. The van der Waals surface area contributed by atoms with Crippen molar-refractivity contribution in [2.45, 2.75) is 0 Å². The summed E-state index contributed by atoms with van der Waals surface area (Å²) < 4.78 is 5.26. The number of hydrogen-bond acceptors (Lipinski definition) is 4. The maximum atomic E-state index is 6.23. The zero-order chi connectivity index (χ0) is 13.2. The van der Waals surface area contributed by atoms with Gasteiger partial charge in [0.25, 0.3) is 0 Å². The van der Waals surface area contributed by atoms with Crippen molar-refractivity contribution >= 4 is 28.2 Å². The Morgan fingerprint density at radius 3 is 2.84 bits per heavy atom. The normalized spacial score (nSPS) is 15.8. The molecule has 0 aliphatic carbocycles. The SMILES string of the molecule is COc1cc2ccnc(N3CCNCC3)c2cc1Cl. The summed E-state index contributed by atoms with van der Waals surface area (Å²) in [4.78, 5) is 6.82. The second-order valence-corrected chi connectivity index (χ2v) is 4.99. The van der Waals surface area contributed by atoms with Crippen molar-refractivity contribution in [2.75, 3.05) is 38.2 Å². The van der Waals surface area contributed by atoms with Crippen molar-refractivity contribution in [2.24, 2.45) is 0 Å². The van der Waals surface area contributed by atoms with E-state index in [1.165, 1.54) is 0 Å². The van der Waals surface area contributed by atoms with Gasteiger partial charge in [-0.3, -0.25) is 0 Å². The van der Waals surface area contributed by atoms with E-state index in [4.69, 9.17) is 16.3 Å². The number of halogens is 1. The molecule has 1 aliphatic rings. The number of rotatable bonds is 2. The first-order valence-electron chi connectivity index (χ1n) is 6.37. The van der Waals surface area contributed by atoms with Crippen LogP contribution in [0.5, 0.6) is 5.75 Å². The van der Waals surface area contributed by atoms with Crippen LogP contribution in [-0.4, -0.2) is 38.3 Å². The third-order valence-electron chi connectivity index (χ3n) is 3.43. The molecule has 0 radical (unpaired) electrons. The number of nitrogens with one attached hydrogen (secondary N) is 1. The molecule has 0 amide bonds. The highest BCUT2D eigenvalue weighted by Gasteiger charge is 2.15. The molecule has 100 valence electrons. The summed E-state index contributed by atoms with van der Waals surface area (Å²) in [5.41, 5.74) is 0. The van der Waals surface area contributed by atoms with Crippen LogP contribution in [-0.2, 0) is 0 Å². The first kappa shape index (κ1) is 12.5. The zero-order valence-corrected chi connectivity index (χ0v) is 11.6. The number of hydrogen-bond donors (Lipinski definition) is 1. The van der Waals surface area contributed by atoms with Crippen LogP contribution in [0.1, 0.15) is 0 Å². The number of piperazine rings is 1. The Morgan fingerprint density at radius 2 is 2.11 bits per heavy atom. The summed E-state index contributed by atoms with van der Waals surface area (Å²) in [6.07, 6.45) is 1.84. The predicted octanol–water partition coefficient (Wildman–Crippen LogP) is 2.31. The third-order valence-corrected chi connectivity index (χ3v) is 3.73. The molecular formula is C14H16ClN3O. The van der Waals surface area contributed by atoms with Crippen LogP contribution >= 0.6 is 11.6 Å². The molecule has 0 saturated carbocycles. The van der Waals surface area contributed by atoms with E-state index in [2.05, 4.69) is 15.2 Å². The van der Waals surface area contributed by atoms with Crippen LogP contribution in [0.2, 0.25) is 5.02 Å². The topological polar surface area (TPSA) is 37.4 Å². The molecule has 1 aromatic heterocycles. The summed E-state index contributed by atoms with van der Waals surface area (Å²) >= 11 is 6.23. The van der Waals surface area contributed by atoms with Crippen molar-refractivity contribution in [1.29, 1.82) is 0 Å². The summed E-state index contributed by atoms with van der Waals surface area (Å²) in [5.74, 6) is 1.70. The number of ether oxygens (including phenoxy) is 1. The number of benzene rings is 1. The molecule has 2 heterocycles. The van der Waals surface area contributed by atoms with Crippen LogP contribution in [0, 0.1) is 0 Å². The Kier molecular flexibility index (Phi) is 3.44. The third kappa shape index (κ3) is 2.33. The predicted molar refractivity (Wildman–Crippen MR) is 78.4 cm³/mol. The number of nitrogens with zero attached hydrogens (tertiary/aromatic N) is 2. The number of pyridine rings is 1. The van der Waals surface area contributed by atoms with E-state index < -0.39 is 0 Å². The Labute approximate surface area is 117 Å². The lowest BCUT2D eigenvalue weighted by atomic mass is 10.1. The average molecular weight is 278 g/mol. The number of fused-ring (bicyclic) bond motifs is 1. The molecule has 0 spiro atoms. The van der Waals surface area contributed by atoms with Crippen molar-refractivity contribution < 1.29 is 4.74 Å². The van der Waals surface area contributed by atoms with Crippen molar-refractivity contribution in [1.82, 2.24) is 10.3 Å². The molecule has 5 heteroatoms.